The lowest BCUT2D eigenvalue weighted by atomic mass is 10.2. The van der Waals surface area contributed by atoms with Crippen LogP contribution in [0.1, 0.15) is 25.7 Å². The third-order valence-electron chi connectivity index (χ3n) is 1.37. The van der Waals surface area contributed by atoms with Crippen LogP contribution in [0.15, 0.2) is 5.16 Å². The third-order valence-corrected chi connectivity index (χ3v) is 1.37. The predicted molar refractivity (Wildman–Crippen MR) is 42.3 cm³/mol. The van der Waals surface area contributed by atoms with Crippen molar-refractivity contribution in [3.8, 4) is 0 Å². The van der Waals surface area contributed by atoms with Crippen LogP contribution in [-0.4, -0.2) is 27.0 Å². The molecule has 0 spiro atoms. The van der Waals surface area contributed by atoms with E-state index in [1.54, 1.807) is 0 Å². The number of nitrogens with zero attached hydrogens (tertiary/aromatic N) is 2. The Labute approximate surface area is 73.8 Å². The molecule has 0 fully saturated rings. The molecule has 7 heteroatoms. The molecule has 74 valence electrons. The molecule has 13 heavy (non-hydrogen) atoms. The lowest BCUT2D eigenvalue weighted by Gasteiger charge is -1.95. The van der Waals surface area contributed by atoms with Crippen LogP contribution < -0.4 is 0 Å². The van der Waals surface area contributed by atoms with Crippen molar-refractivity contribution in [2.45, 2.75) is 25.7 Å². The van der Waals surface area contributed by atoms with E-state index in [1.165, 1.54) is 0 Å². The average molecular weight is 190 g/mol. The summed E-state index contributed by atoms with van der Waals surface area (Å²) < 4.78 is 0. The molecule has 7 nitrogen and oxygen atoms in total. The van der Waals surface area contributed by atoms with Crippen LogP contribution in [0.3, 0.4) is 0 Å². The van der Waals surface area contributed by atoms with Gasteiger partial charge in [-0.25, -0.2) is 0 Å². The van der Waals surface area contributed by atoms with Gasteiger partial charge in [0.05, 0.1) is 6.42 Å². The molecular weight excluding hydrogens is 180 g/mol. The molecule has 0 aromatic carbocycles. The Morgan fingerprint density at radius 1 is 1.38 bits per heavy atom. The number of rotatable bonds is 5. The van der Waals surface area contributed by atoms with Crippen molar-refractivity contribution < 1.29 is 20.0 Å². The number of unbranched alkanes of at least 4 members (excludes halogenated alkanes) is 1. The number of oxime groups is 1. The molecule has 0 heterocycles. The fraction of sp³-hybridized carbons (Fsp3) is 0.667. The molecule has 0 aliphatic carbocycles. The van der Waals surface area contributed by atoms with Gasteiger partial charge in [0.1, 0.15) is 5.16 Å². The van der Waals surface area contributed by atoms with Crippen LogP contribution in [0.2, 0.25) is 0 Å². The number of nitro groups is 1. The van der Waals surface area contributed by atoms with E-state index in [-0.39, 0.29) is 12.8 Å². The molecule has 0 bridgehead atoms. The minimum Gasteiger partial charge on any atom is -0.481 e. The topological polar surface area (TPSA) is 113 Å². The summed E-state index contributed by atoms with van der Waals surface area (Å²) in [5.41, 5.74) is 0. The van der Waals surface area contributed by atoms with Crippen molar-refractivity contribution in [2.75, 3.05) is 0 Å². The van der Waals surface area contributed by atoms with Crippen molar-refractivity contribution >= 4 is 11.8 Å². The summed E-state index contributed by atoms with van der Waals surface area (Å²) in [4.78, 5) is 19.3. The summed E-state index contributed by atoms with van der Waals surface area (Å²) in [7, 11) is 0. The molecule has 0 aliphatic rings. The minimum absolute atomic E-state index is 0.0171. The van der Waals surface area contributed by atoms with Crippen LogP contribution >= 0.6 is 0 Å². The summed E-state index contributed by atoms with van der Waals surface area (Å²) in [5.74, 6) is -1.48. The summed E-state index contributed by atoms with van der Waals surface area (Å²) >= 11 is 0. The van der Waals surface area contributed by atoms with Crippen molar-refractivity contribution in [3.05, 3.63) is 10.1 Å². The number of amidine groups is 1. The smallest absolute Gasteiger partial charge is 0.385 e. The molecule has 0 saturated heterocycles. The van der Waals surface area contributed by atoms with Crippen molar-refractivity contribution in [3.63, 3.8) is 0 Å². The molecule has 0 amide bonds. The van der Waals surface area contributed by atoms with Gasteiger partial charge in [-0.05, 0) is 17.8 Å². The van der Waals surface area contributed by atoms with E-state index in [0.29, 0.717) is 12.8 Å². The lowest BCUT2D eigenvalue weighted by molar-refractivity contribution is -0.355. The van der Waals surface area contributed by atoms with Gasteiger partial charge in [0.15, 0.2) is 0 Å². The number of hydrogen-bond donors (Lipinski definition) is 2. The van der Waals surface area contributed by atoms with E-state index in [4.69, 9.17) is 10.3 Å². The number of carboxylic acids is 1. The monoisotopic (exact) mass is 190 g/mol. The zero-order valence-electron chi connectivity index (χ0n) is 6.84. The normalized spacial score (nSPS) is 11.2. The van der Waals surface area contributed by atoms with Crippen molar-refractivity contribution in [1.82, 2.24) is 0 Å². The molecule has 0 aromatic rings. The molecule has 2 N–H and O–H groups in total. The highest BCUT2D eigenvalue weighted by Gasteiger charge is 2.12. The third kappa shape index (κ3) is 5.59. The first-order valence-electron chi connectivity index (χ1n) is 3.65. The van der Waals surface area contributed by atoms with Gasteiger partial charge in [-0.2, -0.15) is 0 Å². The zero-order valence-corrected chi connectivity index (χ0v) is 6.84. The van der Waals surface area contributed by atoms with Gasteiger partial charge in [-0.15, -0.1) is 0 Å². The standard InChI is InChI=1S/C6H10N2O5/c9-6(10)4-2-1-3-5(7-11)8(12)13/h11H,1-4H2,(H,9,10)/b7-5-. The van der Waals surface area contributed by atoms with Gasteiger partial charge in [0, 0.05) is 6.42 Å². The highest BCUT2D eigenvalue weighted by molar-refractivity contribution is 5.73. The number of carboxylic acid groups (broad SMARTS) is 1. The predicted octanol–water partition coefficient (Wildman–Crippen LogP) is 0.696. The second-order valence-corrected chi connectivity index (χ2v) is 2.37. The lowest BCUT2D eigenvalue weighted by Crippen LogP contribution is -2.11. The molecule has 0 aliphatic heterocycles. The maximum absolute atomic E-state index is 10.1. The van der Waals surface area contributed by atoms with Crippen molar-refractivity contribution in [1.29, 1.82) is 0 Å². The maximum Gasteiger partial charge on any atom is 0.385 e. The fourth-order valence-electron chi connectivity index (χ4n) is 0.737. The molecule has 0 atom stereocenters. The van der Waals surface area contributed by atoms with Gasteiger partial charge in [0.25, 0.3) is 0 Å². The van der Waals surface area contributed by atoms with Crippen molar-refractivity contribution in [2.24, 2.45) is 5.16 Å². The van der Waals surface area contributed by atoms with Gasteiger partial charge >= 0.3 is 11.8 Å². The van der Waals surface area contributed by atoms with E-state index in [0.717, 1.165) is 0 Å². The van der Waals surface area contributed by atoms with E-state index in [1.807, 2.05) is 0 Å². The summed E-state index contributed by atoms with van der Waals surface area (Å²) in [6.45, 7) is 0. The SMILES string of the molecule is O=C(O)CCCC/C(=N/O)[N+](=O)[O-]. The van der Waals surface area contributed by atoms with Gasteiger partial charge in [0.2, 0.25) is 0 Å². The Morgan fingerprint density at radius 3 is 2.31 bits per heavy atom. The largest absolute Gasteiger partial charge is 0.481 e. The highest BCUT2D eigenvalue weighted by Crippen LogP contribution is 2.01. The Kier molecular flexibility index (Phi) is 5.17. The summed E-state index contributed by atoms with van der Waals surface area (Å²) in [6, 6.07) is 0. The van der Waals surface area contributed by atoms with E-state index < -0.39 is 16.7 Å². The van der Waals surface area contributed by atoms with E-state index in [9.17, 15) is 14.9 Å². The van der Waals surface area contributed by atoms with Crippen LogP contribution in [-0.2, 0) is 4.79 Å². The Balaban J connectivity index is 3.63. The molecule has 0 saturated carbocycles. The number of hydrogen-bond acceptors (Lipinski definition) is 5. The molecule has 0 radical (unpaired) electrons. The molecular formula is C6H10N2O5. The van der Waals surface area contributed by atoms with E-state index in [2.05, 4.69) is 5.16 Å². The Hall–Kier alpha value is -1.66. The first-order chi connectivity index (χ1) is 6.07. The van der Waals surface area contributed by atoms with Gasteiger partial charge in [-0.3, -0.25) is 4.79 Å². The molecule has 0 rings (SSSR count). The fourth-order valence-corrected chi connectivity index (χ4v) is 0.737. The number of aliphatic carboxylic acids is 1. The molecule has 0 unspecified atom stereocenters. The van der Waals surface area contributed by atoms with Gasteiger partial charge < -0.3 is 20.4 Å². The zero-order chi connectivity index (χ0) is 10.3. The van der Waals surface area contributed by atoms with Crippen LogP contribution in [0.25, 0.3) is 0 Å². The number of carbonyl (C=O) groups is 1. The Morgan fingerprint density at radius 2 is 1.92 bits per heavy atom. The molecule has 0 aromatic heterocycles. The first kappa shape index (κ1) is 11.3. The maximum atomic E-state index is 10.1. The van der Waals surface area contributed by atoms with E-state index >= 15 is 0 Å². The first-order valence-corrected chi connectivity index (χ1v) is 3.65. The summed E-state index contributed by atoms with van der Waals surface area (Å²) in [5, 5.41) is 28.9. The van der Waals surface area contributed by atoms with Crippen LogP contribution in [0, 0.1) is 10.1 Å². The second kappa shape index (κ2) is 5.92. The quantitative estimate of drug-likeness (QED) is 0.165. The highest BCUT2D eigenvalue weighted by atomic mass is 16.6. The van der Waals surface area contributed by atoms with Crippen LogP contribution in [0.5, 0.6) is 0 Å². The Bertz CT molecular complexity index is 225. The average Bonchev–Trinajstić information content (AvgIpc) is 2.03. The second-order valence-electron chi connectivity index (χ2n) is 2.37. The van der Waals surface area contributed by atoms with Gasteiger partial charge in [-0.1, -0.05) is 0 Å². The summed E-state index contributed by atoms with van der Waals surface area (Å²) in [6.07, 6.45) is 0.613. The van der Waals surface area contributed by atoms with Crippen LogP contribution in [0.4, 0.5) is 0 Å². The minimum atomic E-state index is -0.941.